The minimum atomic E-state index is 0.823. The van der Waals surface area contributed by atoms with Gasteiger partial charge in [-0.2, -0.15) is 0 Å². The number of allylic oxidation sites excluding steroid dienone is 6. The monoisotopic (exact) mass is 244 g/mol. The molecule has 0 aliphatic carbocycles. The third-order valence-electron chi connectivity index (χ3n) is 2.73. The van der Waals surface area contributed by atoms with Crippen molar-refractivity contribution in [1.82, 2.24) is 0 Å². The Balaban J connectivity index is 3.79. The molecule has 98 valence electrons. The van der Waals surface area contributed by atoms with Gasteiger partial charge in [0.15, 0.2) is 0 Å². The van der Waals surface area contributed by atoms with Crippen LogP contribution in [0.1, 0.15) is 52.4 Å². The summed E-state index contributed by atoms with van der Waals surface area (Å²) in [5, 5.41) is 0. The molecule has 0 fully saturated rings. The fourth-order valence-electron chi connectivity index (χ4n) is 1.62. The van der Waals surface area contributed by atoms with Crippen LogP contribution >= 0.6 is 0 Å². The zero-order valence-electron chi connectivity index (χ0n) is 11.6. The first kappa shape index (κ1) is 16.4. The Morgan fingerprint density at radius 3 is 2.28 bits per heavy atom. The fraction of sp³-hybridized carbons (Fsp3) is 0.471. The minimum Gasteiger partial charge on any atom is -0.299 e. The van der Waals surface area contributed by atoms with Gasteiger partial charge in [0, 0.05) is 6.42 Å². The van der Waals surface area contributed by atoms with E-state index in [2.05, 4.69) is 31.9 Å². The van der Waals surface area contributed by atoms with Crippen molar-refractivity contribution in [2.24, 2.45) is 0 Å². The quantitative estimate of drug-likeness (QED) is 0.190. The Morgan fingerprint density at radius 1 is 1.06 bits per heavy atom. The van der Waals surface area contributed by atoms with E-state index in [-0.39, 0.29) is 0 Å². The molecule has 0 radical (unpaired) electrons. The van der Waals surface area contributed by atoms with Crippen LogP contribution in [0.25, 0.3) is 0 Å². The van der Waals surface area contributed by atoms with Crippen molar-refractivity contribution >= 4 is 6.29 Å². The van der Waals surface area contributed by atoms with Gasteiger partial charge in [-0.3, -0.25) is 4.79 Å². The summed E-state index contributed by atoms with van der Waals surface area (Å²) < 4.78 is 0. The summed E-state index contributed by atoms with van der Waals surface area (Å²) in [5.74, 6) is 2.64. The second-order valence-corrected chi connectivity index (χ2v) is 4.49. The van der Waals surface area contributed by atoms with Crippen molar-refractivity contribution in [1.29, 1.82) is 0 Å². The van der Waals surface area contributed by atoms with E-state index in [4.69, 9.17) is 6.42 Å². The smallest absolute Gasteiger partial charge is 0.142 e. The second-order valence-electron chi connectivity index (χ2n) is 4.49. The van der Waals surface area contributed by atoms with Crippen LogP contribution in [0.3, 0.4) is 0 Å². The molecule has 18 heavy (non-hydrogen) atoms. The lowest BCUT2D eigenvalue weighted by molar-refractivity contribution is -0.104. The molecule has 0 rings (SSSR count). The fourth-order valence-corrected chi connectivity index (χ4v) is 1.62. The number of unbranched alkanes of at least 4 members (excludes halogenated alkanes) is 1. The number of hydrogen-bond donors (Lipinski definition) is 0. The van der Waals surface area contributed by atoms with Gasteiger partial charge in [-0.25, -0.2) is 0 Å². The summed E-state index contributed by atoms with van der Waals surface area (Å²) in [6.45, 7) is 4.30. The number of rotatable bonds is 9. The summed E-state index contributed by atoms with van der Waals surface area (Å²) in [6, 6.07) is 0. The lowest BCUT2D eigenvalue weighted by Crippen LogP contribution is -1.80. The highest BCUT2D eigenvalue weighted by Crippen LogP contribution is 2.11. The number of terminal acetylenes is 1. The normalized spacial score (nSPS) is 12.7. The Morgan fingerprint density at radius 2 is 1.67 bits per heavy atom. The highest BCUT2D eigenvalue weighted by molar-refractivity contribution is 5.64. The summed E-state index contributed by atoms with van der Waals surface area (Å²) in [4.78, 5) is 10.1. The van der Waals surface area contributed by atoms with E-state index < -0.39 is 0 Å². The molecule has 0 aliphatic rings. The topological polar surface area (TPSA) is 17.1 Å². The second kappa shape index (κ2) is 11.9. The molecule has 0 aromatic carbocycles. The van der Waals surface area contributed by atoms with E-state index >= 15 is 0 Å². The molecule has 1 nitrogen and oxygen atoms in total. The summed E-state index contributed by atoms with van der Waals surface area (Å²) in [7, 11) is 0. The molecule has 0 aromatic rings. The molecule has 0 unspecified atom stereocenters. The lowest BCUT2D eigenvalue weighted by atomic mass is 10.1. The van der Waals surface area contributed by atoms with Crippen LogP contribution in [0.15, 0.2) is 35.5 Å². The first-order valence-electron chi connectivity index (χ1n) is 6.55. The Bertz CT molecular complexity index is 350. The largest absolute Gasteiger partial charge is 0.299 e. The average Bonchev–Trinajstić information content (AvgIpc) is 2.35. The van der Waals surface area contributed by atoms with Crippen molar-refractivity contribution in [3.63, 3.8) is 0 Å². The first-order valence-corrected chi connectivity index (χ1v) is 6.55. The highest BCUT2D eigenvalue weighted by Gasteiger charge is 1.91. The average molecular weight is 244 g/mol. The molecular weight excluding hydrogens is 220 g/mol. The lowest BCUT2D eigenvalue weighted by Gasteiger charge is -2.00. The molecule has 1 heteroatoms. The Kier molecular flexibility index (Phi) is 10.9. The van der Waals surface area contributed by atoms with Gasteiger partial charge in [0.1, 0.15) is 6.29 Å². The molecular formula is C17H24O. The van der Waals surface area contributed by atoms with Crippen LogP contribution in [-0.2, 0) is 4.79 Å². The van der Waals surface area contributed by atoms with E-state index in [0.29, 0.717) is 0 Å². The van der Waals surface area contributed by atoms with E-state index in [1.165, 1.54) is 11.1 Å². The van der Waals surface area contributed by atoms with Crippen LogP contribution in [0, 0.1) is 12.3 Å². The van der Waals surface area contributed by atoms with Crippen LogP contribution in [0.5, 0.6) is 0 Å². The molecule has 0 bridgehead atoms. The predicted molar refractivity (Wildman–Crippen MR) is 79.3 cm³/mol. The molecule has 0 spiro atoms. The van der Waals surface area contributed by atoms with Crippen LogP contribution in [-0.4, -0.2) is 6.29 Å². The zero-order valence-corrected chi connectivity index (χ0v) is 11.6. The van der Waals surface area contributed by atoms with Gasteiger partial charge in [-0.1, -0.05) is 29.4 Å². The third-order valence-corrected chi connectivity index (χ3v) is 2.73. The molecule has 0 saturated carbocycles. The molecule has 0 aliphatic heterocycles. The highest BCUT2D eigenvalue weighted by atomic mass is 16.1. The summed E-state index contributed by atoms with van der Waals surface area (Å²) in [6.07, 6.45) is 20.0. The maximum absolute atomic E-state index is 10.1. The SMILES string of the molecule is C#CCCC=C(C)CCC=C(C)CCC=CC=O. The van der Waals surface area contributed by atoms with Gasteiger partial charge < -0.3 is 0 Å². The molecule has 0 aromatic heterocycles. The molecule has 0 saturated heterocycles. The number of carbonyl (C=O) groups excluding carboxylic acids is 1. The standard InChI is InChI=1S/C17H24O/c1-4-5-7-11-16(2)13-10-14-17(3)12-8-6-9-15-18/h1,6,9,11,14-15H,5,7-8,10,12-13H2,2-3H3. The van der Waals surface area contributed by atoms with Crippen molar-refractivity contribution in [2.45, 2.75) is 52.4 Å². The Hall–Kier alpha value is -1.55. The molecule has 0 atom stereocenters. The predicted octanol–water partition coefficient (Wildman–Crippen LogP) is 4.61. The van der Waals surface area contributed by atoms with E-state index in [0.717, 1.165) is 44.8 Å². The maximum atomic E-state index is 10.1. The maximum Gasteiger partial charge on any atom is 0.142 e. The van der Waals surface area contributed by atoms with Crippen LogP contribution < -0.4 is 0 Å². The van der Waals surface area contributed by atoms with Crippen molar-refractivity contribution in [3.05, 3.63) is 35.5 Å². The first-order chi connectivity index (χ1) is 8.70. The minimum absolute atomic E-state index is 0.823. The molecule has 0 N–H and O–H groups in total. The van der Waals surface area contributed by atoms with Crippen molar-refractivity contribution < 1.29 is 4.79 Å². The van der Waals surface area contributed by atoms with Gasteiger partial charge in [0.2, 0.25) is 0 Å². The van der Waals surface area contributed by atoms with Gasteiger partial charge in [-0.15, -0.1) is 12.3 Å². The number of carbonyl (C=O) groups is 1. The molecule has 0 amide bonds. The van der Waals surface area contributed by atoms with E-state index in [9.17, 15) is 4.79 Å². The van der Waals surface area contributed by atoms with Gasteiger partial charge in [0.05, 0.1) is 0 Å². The van der Waals surface area contributed by atoms with Gasteiger partial charge in [-0.05, 0) is 52.0 Å². The van der Waals surface area contributed by atoms with Crippen molar-refractivity contribution in [2.75, 3.05) is 0 Å². The summed E-state index contributed by atoms with van der Waals surface area (Å²) in [5.41, 5.74) is 2.80. The Labute approximate surface area is 112 Å². The van der Waals surface area contributed by atoms with Gasteiger partial charge in [0.25, 0.3) is 0 Å². The van der Waals surface area contributed by atoms with Crippen molar-refractivity contribution in [3.8, 4) is 12.3 Å². The van der Waals surface area contributed by atoms with Crippen LogP contribution in [0.4, 0.5) is 0 Å². The van der Waals surface area contributed by atoms with E-state index in [1.54, 1.807) is 6.08 Å². The number of hydrogen-bond acceptors (Lipinski definition) is 1. The molecule has 0 heterocycles. The third kappa shape index (κ3) is 11.0. The zero-order chi connectivity index (χ0) is 13.6. The van der Waals surface area contributed by atoms with Crippen LogP contribution in [0.2, 0.25) is 0 Å². The summed E-state index contributed by atoms with van der Waals surface area (Å²) >= 11 is 0. The van der Waals surface area contributed by atoms with Gasteiger partial charge >= 0.3 is 0 Å². The number of aldehydes is 1. The van der Waals surface area contributed by atoms with E-state index in [1.807, 2.05) is 6.08 Å².